The highest BCUT2D eigenvalue weighted by Gasteiger charge is 2.30. The largest absolute Gasteiger partial charge is 0.476 e. The smallest absolute Gasteiger partial charge is 0.251 e. The van der Waals surface area contributed by atoms with Crippen LogP contribution in [-0.2, 0) is 9.53 Å². The van der Waals surface area contributed by atoms with E-state index in [-0.39, 0.29) is 12.0 Å². The van der Waals surface area contributed by atoms with Gasteiger partial charge in [-0.05, 0) is 18.8 Å². The zero-order chi connectivity index (χ0) is 16.9. The molecular formula is C17H26N4O3. The highest BCUT2D eigenvalue weighted by Crippen LogP contribution is 2.19. The monoisotopic (exact) mass is 334 g/mol. The summed E-state index contributed by atoms with van der Waals surface area (Å²) in [6, 6.07) is 0. The molecule has 3 rings (SSSR count). The van der Waals surface area contributed by atoms with Crippen LogP contribution in [0.4, 0.5) is 5.82 Å². The Kier molecular flexibility index (Phi) is 5.50. The van der Waals surface area contributed by atoms with Crippen LogP contribution in [0.25, 0.3) is 0 Å². The van der Waals surface area contributed by atoms with Crippen molar-refractivity contribution in [2.75, 3.05) is 44.3 Å². The molecule has 0 N–H and O–H groups in total. The summed E-state index contributed by atoms with van der Waals surface area (Å²) in [5.74, 6) is 1.94. The van der Waals surface area contributed by atoms with Crippen molar-refractivity contribution in [1.82, 2.24) is 14.9 Å². The van der Waals surface area contributed by atoms with Gasteiger partial charge in [-0.2, -0.15) is 4.98 Å². The van der Waals surface area contributed by atoms with Crippen LogP contribution in [0.5, 0.6) is 5.88 Å². The van der Waals surface area contributed by atoms with Gasteiger partial charge in [0.25, 0.3) is 5.91 Å². The third-order valence-electron chi connectivity index (χ3n) is 4.28. The molecule has 2 aliphatic heterocycles. The Hall–Kier alpha value is -1.89. The van der Waals surface area contributed by atoms with E-state index in [1.54, 1.807) is 12.4 Å². The number of anilines is 1. The standard InChI is InChI=1S/C17H26N4O3/c1-13(2)12-24-16-11-18-10-15(19-16)20-5-7-21(8-6-20)17(22)14-4-3-9-23-14/h10-11,13-14H,3-9,12H2,1-2H3. The molecule has 132 valence electrons. The second kappa shape index (κ2) is 7.79. The summed E-state index contributed by atoms with van der Waals surface area (Å²) >= 11 is 0. The first-order valence-corrected chi connectivity index (χ1v) is 8.73. The minimum Gasteiger partial charge on any atom is -0.476 e. The lowest BCUT2D eigenvalue weighted by molar-refractivity contribution is -0.141. The molecular weight excluding hydrogens is 308 g/mol. The van der Waals surface area contributed by atoms with E-state index in [2.05, 4.69) is 28.7 Å². The molecule has 24 heavy (non-hydrogen) atoms. The summed E-state index contributed by atoms with van der Waals surface area (Å²) in [5, 5.41) is 0. The second-order valence-electron chi connectivity index (χ2n) is 6.73. The average Bonchev–Trinajstić information content (AvgIpc) is 3.14. The van der Waals surface area contributed by atoms with E-state index in [1.165, 1.54) is 0 Å². The number of aromatic nitrogens is 2. The molecule has 1 aromatic rings. The molecule has 0 aliphatic carbocycles. The van der Waals surface area contributed by atoms with Crippen LogP contribution in [0.1, 0.15) is 26.7 Å². The molecule has 1 atom stereocenters. The number of hydrogen-bond donors (Lipinski definition) is 0. The quantitative estimate of drug-likeness (QED) is 0.809. The Balaban J connectivity index is 1.54. The zero-order valence-corrected chi connectivity index (χ0v) is 14.5. The van der Waals surface area contributed by atoms with Crippen molar-refractivity contribution in [3.8, 4) is 5.88 Å². The van der Waals surface area contributed by atoms with Gasteiger partial charge in [-0.3, -0.25) is 9.78 Å². The number of carbonyl (C=O) groups is 1. The van der Waals surface area contributed by atoms with Crippen molar-refractivity contribution >= 4 is 11.7 Å². The SMILES string of the molecule is CC(C)COc1cncc(N2CCN(C(=O)C3CCCO3)CC2)n1. The third kappa shape index (κ3) is 4.14. The molecule has 7 nitrogen and oxygen atoms in total. The van der Waals surface area contributed by atoms with Gasteiger partial charge in [0.2, 0.25) is 5.88 Å². The van der Waals surface area contributed by atoms with Gasteiger partial charge < -0.3 is 19.3 Å². The molecule has 7 heteroatoms. The average molecular weight is 334 g/mol. The predicted molar refractivity (Wildman–Crippen MR) is 90.1 cm³/mol. The zero-order valence-electron chi connectivity index (χ0n) is 14.5. The van der Waals surface area contributed by atoms with E-state index >= 15 is 0 Å². The molecule has 0 spiro atoms. The van der Waals surface area contributed by atoms with E-state index in [0.717, 1.165) is 31.7 Å². The molecule has 2 saturated heterocycles. The number of carbonyl (C=O) groups excluding carboxylic acids is 1. The molecule has 0 bridgehead atoms. The summed E-state index contributed by atoms with van der Waals surface area (Å²) in [5.41, 5.74) is 0. The van der Waals surface area contributed by atoms with Crippen LogP contribution < -0.4 is 9.64 Å². The molecule has 0 radical (unpaired) electrons. The maximum absolute atomic E-state index is 12.4. The lowest BCUT2D eigenvalue weighted by atomic mass is 10.2. The van der Waals surface area contributed by atoms with Crippen LogP contribution in [0.3, 0.4) is 0 Å². The molecule has 0 aromatic carbocycles. The Morgan fingerprint density at radius 2 is 2.12 bits per heavy atom. The number of nitrogens with zero attached hydrogens (tertiary/aromatic N) is 4. The maximum Gasteiger partial charge on any atom is 0.251 e. The molecule has 3 heterocycles. The third-order valence-corrected chi connectivity index (χ3v) is 4.28. The molecule has 1 aromatic heterocycles. The van der Waals surface area contributed by atoms with Crippen molar-refractivity contribution in [2.45, 2.75) is 32.8 Å². The van der Waals surface area contributed by atoms with Gasteiger partial charge in [0.15, 0.2) is 5.82 Å². The van der Waals surface area contributed by atoms with E-state index in [9.17, 15) is 4.79 Å². The van der Waals surface area contributed by atoms with Crippen molar-refractivity contribution in [3.63, 3.8) is 0 Å². The molecule has 0 saturated carbocycles. The van der Waals surface area contributed by atoms with Crippen LogP contribution in [0.15, 0.2) is 12.4 Å². The topological polar surface area (TPSA) is 67.8 Å². The van der Waals surface area contributed by atoms with E-state index < -0.39 is 0 Å². The van der Waals surface area contributed by atoms with Gasteiger partial charge in [-0.25, -0.2) is 0 Å². The van der Waals surface area contributed by atoms with E-state index in [4.69, 9.17) is 9.47 Å². The maximum atomic E-state index is 12.4. The van der Waals surface area contributed by atoms with Crippen molar-refractivity contribution in [1.29, 1.82) is 0 Å². The highest BCUT2D eigenvalue weighted by atomic mass is 16.5. The van der Waals surface area contributed by atoms with E-state index in [0.29, 0.717) is 38.1 Å². The summed E-state index contributed by atoms with van der Waals surface area (Å²) in [6.07, 6.45) is 4.99. The number of ether oxygens (including phenoxy) is 2. The number of rotatable bonds is 5. The first-order chi connectivity index (χ1) is 11.6. The Morgan fingerprint density at radius 3 is 2.79 bits per heavy atom. The molecule has 1 amide bonds. The van der Waals surface area contributed by atoms with Crippen LogP contribution in [0.2, 0.25) is 0 Å². The van der Waals surface area contributed by atoms with Crippen molar-refractivity contribution in [2.24, 2.45) is 5.92 Å². The minimum atomic E-state index is -0.232. The Labute approximate surface area is 143 Å². The van der Waals surface area contributed by atoms with Gasteiger partial charge in [0.05, 0.1) is 19.0 Å². The molecule has 2 fully saturated rings. The first-order valence-electron chi connectivity index (χ1n) is 8.73. The van der Waals surface area contributed by atoms with Crippen molar-refractivity contribution < 1.29 is 14.3 Å². The number of amides is 1. The van der Waals surface area contributed by atoms with Gasteiger partial charge in [-0.1, -0.05) is 13.8 Å². The molecule has 2 aliphatic rings. The second-order valence-corrected chi connectivity index (χ2v) is 6.73. The number of piperazine rings is 1. The first kappa shape index (κ1) is 17.0. The van der Waals surface area contributed by atoms with Gasteiger partial charge in [0, 0.05) is 32.8 Å². The number of hydrogen-bond acceptors (Lipinski definition) is 6. The summed E-state index contributed by atoms with van der Waals surface area (Å²) in [6.45, 7) is 8.41. The fourth-order valence-electron chi connectivity index (χ4n) is 2.94. The normalized spacial score (nSPS) is 21.4. The van der Waals surface area contributed by atoms with Crippen LogP contribution in [-0.4, -0.2) is 66.3 Å². The van der Waals surface area contributed by atoms with E-state index in [1.807, 2.05) is 4.90 Å². The highest BCUT2D eigenvalue weighted by molar-refractivity contribution is 5.81. The Morgan fingerprint density at radius 1 is 1.33 bits per heavy atom. The lowest BCUT2D eigenvalue weighted by Gasteiger charge is -2.36. The van der Waals surface area contributed by atoms with Gasteiger partial charge in [-0.15, -0.1) is 0 Å². The summed E-state index contributed by atoms with van der Waals surface area (Å²) in [4.78, 5) is 25.2. The lowest BCUT2D eigenvalue weighted by Crippen LogP contribution is -2.51. The summed E-state index contributed by atoms with van der Waals surface area (Å²) in [7, 11) is 0. The van der Waals surface area contributed by atoms with Crippen LogP contribution in [0, 0.1) is 5.92 Å². The van der Waals surface area contributed by atoms with Crippen LogP contribution >= 0.6 is 0 Å². The predicted octanol–water partition coefficient (Wildman–Crippen LogP) is 1.34. The fourth-order valence-corrected chi connectivity index (χ4v) is 2.94. The minimum absolute atomic E-state index is 0.132. The van der Waals surface area contributed by atoms with Gasteiger partial charge in [0.1, 0.15) is 6.10 Å². The fraction of sp³-hybridized carbons (Fsp3) is 0.706. The molecule has 1 unspecified atom stereocenters. The summed E-state index contributed by atoms with van der Waals surface area (Å²) < 4.78 is 11.1. The Bertz CT molecular complexity index is 553. The van der Waals surface area contributed by atoms with Gasteiger partial charge >= 0.3 is 0 Å². The van der Waals surface area contributed by atoms with Crippen molar-refractivity contribution in [3.05, 3.63) is 12.4 Å².